The summed E-state index contributed by atoms with van der Waals surface area (Å²) in [6.07, 6.45) is 7.48. The number of aliphatic hydroxyl groups is 2. The molecule has 0 heterocycles. The van der Waals surface area contributed by atoms with Crippen molar-refractivity contribution in [2.75, 3.05) is 0 Å². The summed E-state index contributed by atoms with van der Waals surface area (Å²) in [5, 5.41) is 21.9. The maximum atomic E-state index is 12.3. The van der Waals surface area contributed by atoms with E-state index >= 15 is 0 Å². The van der Waals surface area contributed by atoms with E-state index in [1.54, 1.807) is 12.2 Å². The van der Waals surface area contributed by atoms with Gasteiger partial charge in [0.2, 0.25) is 0 Å². The lowest BCUT2D eigenvalue weighted by Gasteiger charge is -2.33. The number of ether oxygens (including phenoxy) is 1. The number of allylic oxidation sites excluding steroid dienone is 4. The van der Waals surface area contributed by atoms with E-state index in [0.717, 1.165) is 16.7 Å². The monoisotopic (exact) mass is 525 g/mol. The summed E-state index contributed by atoms with van der Waals surface area (Å²) < 4.78 is 5.36. The number of amides is 1. The molecule has 0 fully saturated rings. The van der Waals surface area contributed by atoms with Crippen molar-refractivity contribution in [2.24, 2.45) is 29.4 Å². The second kappa shape index (κ2) is 16.8. The normalized spacial score (nSPS) is 18.2. The van der Waals surface area contributed by atoms with Crippen molar-refractivity contribution >= 4 is 11.9 Å². The third-order valence-corrected chi connectivity index (χ3v) is 7.01. The predicted octanol–water partition coefficient (Wildman–Crippen LogP) is 5.94. The van der Waals surface area contributed by atoms with Gasteiger partial charge >= 0.3 is 6.09 Å². The summed E-state index contributed by atoms with van der Waals surface area (Å²) in [5.74, 6) is -0.679. The number of nitrogens with two attached hydrogens (primary N) is 1. The van der Waals surface area contributed by atoms with Crippen molar-refractivity contribution in [1.82, 2.24) is 0 Å². The molecule has 210 valence electrons. The van der Waals surface area contributed by atoms with Crippen molar-refractivity contribution in [2.45, 2.75) is 79.1 Å². The van der Waals surface area contributed by atoms with Crippen LogP contribution in [0.2, 0.25) is 0 Å². The molecule has 0 spiro atoms. The number of hydrogen-bond donors (Lipinski definition) is 3. The summed E-state index contributed by atoms with van der Waals surface area (Å²) >= 11 is 0. The Kier molecular flexibility index (Phi) is 14.6. The summed E-state index contributed by atoms with van der Waals surface area (Å²) in [6.45, 7) is 15.1. The van der Waals surface area contributed by atoms with Crippen LogP contribution in [-0.4, -0.2) is 40.4 Å². The highest BCUT2D eigenvalue weighted by Crippen LogP contribution is 2.28. The molecule has 0 radical (unpaired) electrons. The molecule has 1 rings (SSSR count). The number of ketones is 1. The van der Waals surface area contributed by atoms with Crippen LogP contribution < -0.4 is 5.73 Å². The molecule has 4 N–H and O–H groups in total. The summed E-state index contributed by atoms with van der Waals surface area (Å²) in [5.41, 5.74) is 8.07. The minimum absolute atomic E-state index is 0.104. The van der Waals surface area contributed by atoms with E-state index in [1.165, 1.54) is 0 Å². The van der Waals surface area contributed by atoms with Gasteiger partial charge in [-0.3, -0.25) is 4.79 Å². The Bertz CT molecular complexity index is 981. The molecule has 6 nitrogen and oxygen atoms in total. The van der Waals surface area contributed by atoms with Gasteiger partial charge in [-0.05, 0) is 37.3 Å². The number of carbonyl (C=O) groups is 2. The maximum absolute atomic E-state index is 12.3. The molecule has 1 aromatic carbocycles. The van der Waals surface area contributed by atoms with Gasteiger partial charge in [0, 0.05) is 30.6 Å². The molecule has 0 aliphatic rings. The van der Waals surface area contributed by atoms with E-state index in [1.807, 2.05) is 90.1 Å². The van der Waals surface area contributed by atoms with E-state index < -0.39 is 24.4 Å². The van der Waals surface area contributed by atoms with Crippen LogP contribution in [0, 0.1) is 23.7 Å². The summed E-state index contributed by atoms with van der Waals surface area (Å²) in [7, 11) is 0. The zero-order chi connectivity index (χ0) is 28.8. The van der Waals surface area contributed by atoms with Crippen LogP contribution in [0.25, 0.3) is 0 Å². The lowest BCUT2D eigenvalue weighted by atomic mass is 9.81. The van der Waals surface area contributed by atoms with Gasteiger partial charge < -0.3 is 20.7 Å². The fraction of sp³-hybridized carbons (Fsp3) is 0.500. The van der Waals surface area contributed by atoms with E-state index in [9.17, 15) is 19.8 Å². The van der Waals surface area contributed by atoms with E-state index in [2.05, 4.69) is 6.58 Å². The first-order chi connectivity index (χ1) is 17.9. The van der Waals surface area contributed by atoms with Crippen LogP contribution in [0.1, 0.15) is 59.9 Å². The largest absolute Gasteiger partial charge is 0.445 e. The molecule has 6 heteroatoms. The first kappa shape index (κ1) is 33.1. The average molecular weight is 526 g/mol. The quantitative estimate of drug-likeness (QED) is 0.183. The van der Waals surface area contributed by atoms with Crippen LogP contribution in [0.5, 0.6) is 0 Å². The number of carbonyl (C=O) groups excluding carboxylic acids is 2. The Morgan fingerprint density at radius 3 is 2.26 bits per heavy atom. The molecular formula is C32H47NO5. The maximum Gasteiger partial charge on any atom is 0.404 e. The first-order valence-corrected chi connectivity index (χ1v) is 13.4. The Morgan fingerprint density at radius 1 is 1.05 bits per heavy atom. The highest BCUT2D eigenvalue weighted by molar-refractivity contribution is 5.82. The molecule has 1 amide bonds. The van der Waals surface area contributed by atoms with Gasteiger partial charge in [0.15, 0.2) is 0 Å². The van der Waals surface area contributed by atoms with Crippen LogP contribution >= 0.6 is 0 Å². The molecule has 1 aromatic rings. The van der Waals surface area contributed by atoms with Crippen molar-refractivity contribution in [3.05, 3.63) is 84.0 Å². The van der Waals surface area contributed by atoms with Gasteiger partial charge in [0.05, 0.1) is 12.2 Å². The van der Waals surface area contributed by atoms with Crippen molar-refractivity contribution in [3.8, 4) is 0 Å². The van der Waals surface area contributed by atoms with Crippen molar-refractivity contribution in [3.63, 3.8) is 0 Å². The fourth-order valence-electron chi connectivity index (χ4n) is 4.85. The SMILES string of the molecule is C=CC=CC(C)C(OC(N)=O)C(C)C(O)C(C)CC(C)=CC(C)C(O)C(C)=CCC(=O)Cc1ccccc1. The van der Waals surface area contributed by atoms with Gasteiger partial charge in [-0.25, -0.2) is 4.79 Å². The average Bonchev–Trinajstić information content (AvgIpc) is 2.87. The zero-order valence-electron chi connectivity index (χ0n) is 23.8. The Labute approximate surface area is 229 Å². The van der Waals surface area contributed by atoms with Gasteiger partial charge in [-0.2, -0.15) is 0 Å². The molecule has 38 heavy (non-hydrogen) atoms. The molecule has 0 saturated carbocycles. The van der Waals surface area contributed by atoms with Gasteiger partial charge in [-0.15, -0.1) is 0 Å². The topological polar surface area (TPSA) is 110 Å². The van der Waals surface area contributed by atoms with Crippen molar-refractivity contribution < 1.29 is 24.5 Å². The predicted molar refractivity (Wildman–Crippen MR) is 154 cm³/mol. The number of benzene rings is 1. The molecule has 0 bridgehead atoms. The molecular weight excluding hydrogens is 478 g/mol. The molecule has 0 aliphatic heterocycles. The first-order valence-electron chi connectivity index (χ1n) is 13.4. The number of primary amides is 1. The third-order valence-electron chi connectivity index (χ3n) is 7.01. The smallest absolute Gasteiger partial charge is 0.404 e. The lowest BCUT2D eigenvalue weighted by molar-refractivity contribution is -0.117. The highest BCUT2D eigenvalue weighted by atomic mass is 16.6. The fourth-order valence-corrected chi connectivity index (χ4v) is 4.85. The van der Waals surface area contributed by atoms with Gasteiger partial charge in [-0.1, -0.05) is 101 Å². The van der Waals surface area contributed by atoms with Crippen molar-refractivity contribution in [1.29, 1.82) is 0 Å². The minimum atomic E-state index is -0.871. The molecule has 0 aliphatic carbocycles. The molecule has 0 aromatic heterocycles. The second-order valence-electron chi connectivity index (χ2n) is 10.6. The summed E-state index contributed by atoms with van der Waals surface area (Å²) in [6, 6.07) is 9.62. The van der Waals surface area contributed by atoms with Gasteiger partial charge in [0.1, 0.15) is 11.9 Å². The van der Waals surface area contributed by atoms with Gasteiger partial charge in [0.25, 0.3) is 0 Å². The molecule has 7 unspecified atom stereocenters. The lowest BCUT2D eigenvalue weighted by Crippen LogP contribution is -2.41. The number of Topliss-reactive ketones (excluding diaryl/α,β-unsaturated/α-hetero) is 1. The van der Waals surface area contributed by atoms with Crippen LogP contribution in [0.4, 0.5) is 4.79 Å². The Hall–Kier alpha value is -2.96. The van der Waals surface area contributed by atoms with E-state index in [4.69, 9.17) is 10.5 Å². The number of aliphatic hydroxyl groups excluding tert-OH is 2. The minimum Gasteiger partial charge on any atom is -0.445 e. The van der Waals surface area contributed by atoms with E-state index in [0.29, 0.717) is 12.8 Å². The Morgan fingerprint density at radius 2 is 1.68 bits per heavy atom. The number of hydrogen-bond acceptors (Lipinski definition) is 5. The second-order valence-corrected chi connectivity index (χ2v) is 10.6. The van der Waals surface area contributed by atoms with Crippen LogP contribution in [-0.2, 0) is 16.0 Å². The number of rotatable bonds is 16. The highest BCUT2D eigenvalue weighted by Gasteiger charge is 2.33. The summed E-state index contributed by atoms with van der Waals surface area (Å²) in [4.78, 5) is 23.8. The molecule has 7 atom stereocenters. The third kappa shape index (κ3) is 11.6. The van der Waals surface area contributed by atoms with E-state index in [-0.39, 0.29) is 35.9 Å². The van der Waals surface area contributed by atoms with Crippen LogP contribution in [0.15, 0.2) is 78.4 Å². The Balaban J connectivity index is 2.76. The van der Waals surface area contributed by atoms with Crippen LogP contribution in [0.3, 0.4) is 0 Å². The molecule has 0 saturated heterocycles. The zero-order valence-corrected chi connectivity index (χ0v) is 23.8. The standard InChI is InChI=1S/C32H47NO5/c1-8-9-13-23(4)31(38-32(33)37)26(7)30(36)25(6)19-21(2)18-24(5)29(35)22(3)16-17-28(34)20-27-14-11-10-12-15-27/h8-16,18,23-26,29-31,35-36H,1,17,19-20H2,2-7H3,(H2,33,37).